The first-order valence-corrected chi connectivity index (χ1v) is 9.02. The van der Waals surface area contributed by atoms with Crippen molar-refractivity contribution in [3.05, 3.63) is 47.8 Å². The minimum absolute atomic E-state index is 0.0437. The maximum Gasteiger partial charge on any atom is 0.416 e. The lowest BCUT2D eigenvalue weighted by Crippen LogP contribution is -2.46. The third-order valence-electron chi connectivity index (χ3n) is 4.13. The number of alkyl halides is 3. The second kappa shape index (κ2) is 7.21. The van der Waals surface area contributed by atoms with Crippen molar-refractivity contribution in [3.8, 4) is 0 Å². The first-order valence-electron chi connectivity index (χ1n) is 7.80. The molecule has 0 saturated carbocycles. The van der Waals surface area contributed by atoms with Gasteiger partial charge in [0.25, 0.3) is 0 Å². The number of nitrogens with zero attached hydrogens (tertiary/aromatic N) is 3. The molecule has 1 fully saturated rings. The van der Waals surface area contributed by atoms with E-state index in [1.807, 2.05) is 18.1 Å². The Morgan fingerprint density at radius 3 is 2.60 bits per heavy atom. The minimum atomic E-state index is -4.37. The Labute approximate surface area is 148 Å². The van der Waals surface area contributed by atoms with Crippen LogP contribution in [0.2, 0.25) is 0 Å². The second-order valence-corrected chi connectivity index (χ2v) is 6.75. The molecule has 0 aliphatic carbocycles. The summed E-state index contributed by atoms with van der Waals surface area (Å²) in [6.07, 6.45) is 0.610. The zero-order valence-electron chi connectivity index (χ0n) is 13.8. The summed E-state index contributed by atoms with van der Waals surface area (Å²) in [5, 5.41) is 0. The standard InChI is InChI=1S/C17H18F3N3OS/c1-11-10-24-15(12-4-3-5-13(6-12)17(18,19)20)9-23(11)16-21-7-14(25-2)8-22-16/h3-8,11,15H,9-10H2,1-2H3/t11-,15-/m1/s1. The van der Waals surface area contributed by atoms with Gasteiger partial charge in [-0.25, -0.2) is 9.97 Å². The SMILES string of the molecule is CSc1cnc(N2C[C@H](c3cccc(C(F)(F)F)c3)OC[C@H]2C)nc1. The molecule has 3 rings (SSSR count). The quantitative estimate of drug-likeness (QED) is 0.759. The molecule has 2 atom stereocenters. The smallest absolute Gasteiger partial charge is 0.370 e. The number of morpholine rings is 1. The van der Waals surface area contributed by atoms with Crippen LogP contribution in [-0.2, 0) is 10.9 Å². The topological polar surface area (TPSA) is 38.2 Å². The lowest BCUT2D eigenvalue weighted by atomic mass is 10.0. The number of aromatic nitrogens is 2. The summed E-state index contributed by atoms with van der Waals surface area (Å²) in [6.45, 7) is 2.78. The zero-order chi connectivity index (χ0) is 18.0. The highest BCUT2D eigenvalue weighted by molar-refractivity contribution is 7.98. The molecule has 0 amide bonds. The number of benzene rings is 1. The Morgan fingerprint density at radius 1 is 1.24 bits per heavy atom. The highest BCUT2D eigenvalue weighted by Crippen LogP contribution is 2.33. The van der Waals surface area contributed by atoms with Crippen LogP contribution in [0.3, 0.4) is 0 Å². The fraction of sp³-hybridized carbons (Fsp3) is 0.412. The molecular formula is C17H18F3N3OS. The van der Waals surface area contributed by atoms with E-state index in [1.165, 1.54) is 6.07 Å². The van der Waals surface area contributed by atoms with Gasteiger partial charge in [-0.1, -0.05) is 12.1 Å². The van der Waals surface area contributed by atoms with Gasteiger partial charge in [0.05, 0.1) is 24.8 Å². The molecule has 25 heavy (non-hydrogen) atoms. The van der Waals surface area contributed by atoms with Crippen molar-refractivity contribution in [2.75, 3.05) is 24.3 Å². The Hall–Kier alpha value is -1.80. The average Bonchev–Trinajstić information content (AvgIpc) is 2.62. The molecular weight excluding hydrogens is 351 g/mol. The fourth-order valence-electron chi connectivity index (χ4n) is 2.72. The van der Waals surface area contributed by atoms with Gasteiger partial charge < -0.3 is 9.64 Å². The van der Waals surface area contributed by atoms with Gasteiger partial charge >= 0.3 is 6.18 Å². The van der Waals surface area contributed by atoms with Crippen LogP contribution in [0.4, 0.5) is 19.1 Å². The summed E-state index contributed by atoms with van der Waals surface area (Å²) >= 11 is 1.55. The van der Waals surface area contributed by atoms with Gasteiger partial charge in [-0.3, -0.25) is 0 Å². The van der Waals surface area contributed by atoms with Crippen molar-refractivity contribution in [1.82, 2.24) is 9.97 Å². The van der Waals surface area contributed by atoms with Crippen LogP contribution in [0.5, 0.6) is 0 Å². The molecule has 0 unspecified atom stereocenters. The number of hydrogen-bond donors (Lipinski definition) is 0. The van der Waals surface area contributed by atoms with E-state index in [2.05, 4.69) is 9.97 Å². The predicted molar refractivity (Wildman–Crippen MR) is 90.8 cm³/mol. The van der Waals surface area contributed by atoms with E-state index < -0.39 is 17.8 Å². The van der Waals surface area contributed by atoms with Gasteiger partial charge in [0.2, 0.25) is 5.95 Å². The molecule has 0 spiro atoms. The molecule has 1 aliphatic rings. The van der Waals surface area contributed by atoms with Gasteiger partial charge in [0.15, 0.2) is 0 Å². The number of ether oxygens (including phenoxy) is 1. The molecule has 2 aromatic rings. The number of halogens is 3. The number of thioether (sulfide) groups is 1. The minimum Gasteiger partial charge on any atom is -0.370 e. The largest absolute Gasteiger partial charge is 0.416 e. The van der Waals surface area contributed by atoms with Crippen LogP contribution in [0.15, 0.2) is 41.6 Å². The number of anilines is 1. The van der Waals surface area contributed by atoms with E-state index in [0.29, 0.717) is 24.7 Å². The number of rotatable bonds is 3. The summed E-state index contributed by atoms with van der Waals surface area (Å²) in [7, 11) is 0. The normalized spacial score (nSPS) is 21.4. The third-order valence-corrected chi connectivity index (χ3v) is 4.81. The third kappa shape index (κ3) is 4.07. The Bertz CT molecular complexity index is 724. The van der Waals surface area contributed by atoms with E-state index in [4.69, 9.17) is 4.74 Å². The number of hydrogen-bond acceptors (Lipinski definition) is 5. The van der Waals surface area contributed by atoms with Crippen molar-refractivity contribution >= 4 is 17.7 Å². The van der Waals surface area contributed by atoms with Gasteiger partial charge in [-0.2, -0.15) is 13.2 Å². The van der Waals surface area contributed by atoms with Gasteiger partial charge in [-0.05, 0) is 30.9 Å². The van der Waals surface area contributed by atoms with Crippen molar-refractivity contribution in [1.29, 1.82) is 0 Å². The van der Waals surface area contributed by atoms with E-state index in [0.717, 1.165) is 17.0 Å². The van der Waals surface area contributed by atoms with Crippen LogP contribution in [0.1, 0.15) is 24.2 Å². The first kappa shape index (κ1) is 18.0. The van der Waals surface area contributed by atoms with E-state index in [9.17, 15) is 13.2 Å². The molecule has 1 saturated heterocycles. The van der Waals surface area contributed by atoms with Crippen molar-refractivity contribution in [2.24, 2.45) is 0 Å². The molecule has 1 aromatic carbocycles. The van der Waals surface area contributed by atoms with Crippen LogP contribution >= 0.6 is 11.8 Å². The van der Waals surface area contributed by atoms with Crippen LogP contribution in [0.25, 0.3) is 0 Å². The van der Waals surface area contributed by atoms with Crippen molar-refractivity contribution in [2.45, 2.75) is 30.1 Å². The molecule has 1 aliphatic heterocycles. The van der Waals surface area contributed by atoms with E-state index >= 15 is 0 Å². The zero-order valence-corrected chi connectivity index (χ0v) is 14.6. The summed E-state index contributed by atoms with van der Waals surface area (Å²) in [4.78, 5) is 11.7. The highest BCUT2D eigenvalue weighted by Gasteiger charge is 2.33. The Kier molecular flexibility index (Phi) is 5.19. The summed E-state index contributed by atoms with van der Waals surface area (Å²) in [6, 6.07) is 5.33. The first-order chi connectivity index (χ1) is 11.9. The van der Waals surface area contributed by atoms with Crippen LogP contribution < -0.4 is 4.90 Å². The van der Waals surface area contributed by atoms with Gasteiger partial charge in [0.1, 0.15) is 6.10 Å². The lowest BCUT2D eigenvalue weighted by Gasteiger charge is -2.38. The molecule has 0 radical (unpaired) electrons. The highest BCUT2D eigenvalue weighted by atomic mass is 32.2. The molecule has 4 nitrogen and oxygen atoms in total. The Balaban J connectivity index is 1.82. The maximum absolute atomic E-state index is 12.9. The second-order valence-electron chi connectivity index (χ2n) is 5.87. The maximum atomic E-state index is 12.9. The van der Waals surface area contributed by atoms with E-state index in [1.54, 1.807) is 30.2 Å². The molecule has 1 aromatic heterocycles. The average molecular weight is 369 g/mol. The molecule has 8 heteroatoms. The van der Waals surface area contributed by atoms with Crippen LogP contribution in [0, 0.1) is 0 Å². The molecule has 134 valence electrons. The summed E-state index contributed by atoms with van der Waals surface area (Å²) in [5.41, 5.74) is -0.160. The Morgan fingerprint density at radius 2 is 1.96 bits per heavy atom. The van der Waals surface area contributed by atoms with Gasteiger partial charge in [0, 0.05) is 17.3 Å². The predicted octanol–water partition coefficient (Wildman–Crippen LogP) is 4.18. The molecule has 0 N–H and O–H groups in total. The molecule has 2 heterocycles. The molecule has 0 bridgehead atoms. The van der Waals surface area contributed by atoms with Gasteiger partial charge in [-0.15, -0.1) is 11.8 Å². The van der Waals surface area contributed by atoms with E-state index in [-0.39, 0.29) is 6.04 Å². The monoisotopic (exact) mass is 369 g/mol. The van der Waals surface area contributed by atoms with Crippen molar-refractivity contribution < 1.29 is 17.9 Å². The summed E-state index contributed by atoms with van der Waals surface area (Å²) < 4.78 is 44.6. The fourth-order valence-corrected chi connectivity index (χ4v) is 3.03. The van der Waals surface area contributed by atoms with Crippen molar-refractivity contribution in [3.63, 3.8) is 0 Å². The van der Waals surface area contributed by atoms with Crippen LogP contribution in [-0.4, -0.2) is 35.4 Å². The summed E-state index contributed by atoms with van der Waals surface area (Å²) in [5.74, 6) is 0.561. The lowest BCUT2D eigenvalue weighted by molar-refractivity contribution is -0.137.